The first-order valence-electron chi connectivity index (χ1n) is 5.30. The Morgan fingerprint density at radius 3 is 2.89 bits per heavy atom. The molecule has 1 aliphatic rings. The van der Waals surface area contributed by atoms with Gasteiger partial charge in [0.15, 0.2) is 11.5 Å². The van der Waals surface area contributed by atoms with Crippen LogP contribution in [-0.2, 0) is 0 Å². The lowest BCUT2D eigenvalue weighted by Crippen LogP contribution is -1.92. The van der Waals surface area contributed by atoms with E-state index in [0.29, 0.717) is 23.3 Å². The molecule has 18 heavy (non-hydrogen) atoms. The van der Waals surface area contributed by atoms with E-state index in [9.17, 15) is 0 Å². The molecule has 1 N–H and O–H groups in total. The van der Waals surface area contributed by atoms with Crippen LogP contribution < -0.4 is 14.8 Å². The SMILES string of the molecule is CNc1oc(-c2ccc3c(c2)OCO3)nc1C#N. The van der Waals surface area contributed by atoms with Crippen LogP contribution in [0.3, 0.4) is 0 Å². The molecule has 6 heteroatoms. The van der Waals surface area contributed by atoms with Crippen molar-refractivity contribution < 1.29 is 13.9 Å². The third kappa shape index (κ3) is 1.53. The highest BCUT2D eigenvalue weighted by Gasteiger charge is 2.18. The molecular formula is C12H9N3O3. The third-order valence-electron chi connectivity index (χ3n) is 2.58. The summed E-state index contributed by atoms with van der Waals surface area (Å²) in [5.41, 5.74) is 0.961. The largest absolute Gasteiger partial charge is 0.454 e. The Morgan fingerprint density at radius 2 is 2.17 bits per heavy atom. The summed E-state index contributed by atoms with van der Waals surface area (Å²) in [6.07, 6.45) is 0. The van der Waals surface area contributed by atoms with E-state index in [2.05, 4.69) is 10.3 Å². The van der Waals surface area contributed by atoms with Gasteiger partial charge in [-0.25, -0.2) is 0 Å². The molecule has 3 rings (SSSR count). The number of oxazole rings is 1. The molecule has 0 saturated carbocycles. The lowest BCUT2D eigenvalue weighted by Gasteiger charge is -1.98. The summed E-state index contributed by atoms with van der Waals surface area (Å²) < 4.78 is 16.0. The van der Waals surface area contributed by atoms with E-state index in [-0.39, 0.29) is 12.5 Å². The normalized spacial score (nSPS) is 12.2. The molecule has 0 unspecified atom stereocenters. The van der Waals surface area contributed by atoms with Gasteiger partial charge in [-0.05, 0) is 18.2 Å². The van der Waals surface area contributed by atoms with Gasteiger partial charge in [-0.3, -0.25) is 0 Å². The molecule has 0 amide bonds. The third-order valence-corrected chi connectivity index (χ3v) is 2.58. The first-order chi connectivity index (χ1) is 8.81. The molecule has 0 saturated heterocycles. The second-order valence-electron chi connectivity index (χ2n) is 3.63. The minimum absolute atomic E-state index is 0.218. The highest BCUT2D eigenvalue weighted by molar-refractivity contribution is 5.63. The van der Waals surface area contributed by atoms with Gasteiger partial charge in [0.05, 0.1) is 0 Å². The number of nitrogens with one attached hydrogen (secondary N) is 1. The summed E-state index contributed by atoms with van der Waals surface area (Å²) >= 11 is 0. The van der Waals surface area contributed by atoms with Crippen molar-refractivity contribution in [2.24, 2.45) is 0 Å². The maximum atomic E-state index is 8.91. The van der Waals surface area contributed by atoms with Crippen LogP contribution in [0, 0.1) is 11.3 Å². The van der Waals surface area contributed by atoms with Crippen LogP contribution in [0.4, 0.5) is 5.88 Å². The zero-order valence-electron chi connectivity index (χ0n) is 9.56. The Balaban J connectivity index is 2.05. The Labute approximate surface area is 103 Å². The van der Waals surface area contributed by atoms with E-state index >= 15 is 0 Å². The van der Waals surface area contributed by atoms with Crippen molar-refractivity contribution in [3.05, 3.63) is 23.9 Å². The van der Waals surface area contributed by atoms with Crippen molar-refractivity contribution in [2.45, 2.75) is 0 Å². The topological polar surface area (TPSA) is 80.3 Å². The zero-order chi connectivity index (χ0) is 12.5. The van der Waals surface area contributed by atoms with Crippen LogP contribution in [0.15, 0.2) is 22.6 Å². The van der Waals surface area contributed by atoms with Crippen LogP contribution in [-0.4, -0.2) is 18.8 Å². The van der Waals surface area contributed by atoms with Gasteiger partial charge in [0.25, 0.3) is 0 Å². The van der Waals surface area contributed by atoms with Crippen LogP contribution in [0.5, 0.6) is 11.5 Å². The van der Waals surface area contributed by atoms with Crippen LogP contribution >= 0.6 is 0 Å². The first-order valence-corrected chi connectivity index (χ1v) is 5.30. The number of aromatic nitrogens is 1. The Hall–Kier alpha value is -2.68. The molecule has 0 atom stereocenters. The van der Waals surface area contributed by atoms with Crippen molar-refractivity contribution >= 4 is 5.88 Å². The van der Waals surface area contributed by atoms with Crippen molar-refractivity contribution in [1.29, 1.82) is 5.26 Å². The Kier molecular flexibility index (Phi) is 2.31. The highest BCUT2D eigenvalue weighted by Crippen LogP contribution is 2.36. The number of hydrogen-bond acceptors (Lipinski definition) is 6. The first kappa shape index (κ1) is 10.5. The van der Waals surface area contributed by atoms with Crippen molar-refractivity contribution in [1.82, 2.24) is 4.98 Å². The molecule has 1 aromatic carbocycles. The van der Waals surface area contributed by atoms with E-state index in [1.54, 1.807) is 25.2 Å². The summed E-state index contributed by atoms with van der Waals surface area (Å²) in [7, 11) is 1.67. The number of fused-ring (bicyclic) bond motifs is 1. The number of hydrogen-bond donors (Lipinski definition) is 1. The average molecular weight is 243 g/mol. The van der Waals surface area contributed by atoms with E-state index < -0.39 is 0 Å². The molecular weight excluding hydrogens is 234 g/mol. The van der Waals surface area contributed by atoms with Crippen LogP contribution in [0.25, 0.3) is 11.5 Å². The smallest absolute Gasteiger partial charge is 0.232 e. The molecule has 1 aromatic heterocycles. The summed E-state index contributed by atoms with van der Waals surface area (Å²) in [5, 5.41) is 11.7. The van der Waals surface area contributed by atoms with Crippen molar-refractivity contribution in [3.63, 3.8) is 0 Å². The van der Waals surface area contributed by atoms with Gasteiger partial charge < -0.3 is 19.2 Å². The minimum Gasteiger partial charge on any atom is -0.454 e. The average Bonchev–Trinajstić information content (AvgIpc) is 3.03. The van der Waals surface area contributed by atoms with E-state index in [0.717, 1.165) is 5.56 Å². The molecule has 2 aromatic rings. The molecule has 90 valence electrons. The molecule has 6 nitrogen and oxygen atoms in total. The standard InChI is InChI=1S/C12H9N3O3/c1-14-12-8(5-13)15-11(18-12)7-2-3-9-10(4-7)17-6-16-9/h2-4,14H,6H2,1H3. The fraction of sp³-hybridized carbons (Fsp3) is 0.167. The zero-order valence-corrected chi connectivity index (χ0v) is 9.56. The van der Waals surface area contributed by atoms with E-state index in [1.807, 2.05) is 6.07 Å². The molecule has 0 spiro atoms. The number of benzene rings is 1. The number of ether oxygens (including phenoxy) is 2. The monoisotopic (exact) mass is 243 g/mol. The fourth-order valence-electron chi connectivity index (χ4n) is 1.72. The summed E-state index contributed by atoms with van der Waals surface area (Å²) in [4.78, 5) is 4.11. The molecule has 0 aliphatic carbocycles. The van der Waals surface area contributed by atoms with Crippen molar-refractivity contribution in [2.75, 3.05) is 19.2 Å². The second-order valence-corrected chi connectivity index (χ2v) is 3.63. The maximum absolute atomic E-state index is 8.91. The maximum Gasteiger partial charge on any atom is 0.232 e. The van der Waals surface area contributed by atoms with Gasteiger partial charge in [0, 0.05) is 12.6 Å². The Morgan fingerprint density at radius 1 is 1.33 bits per heavy atom. The van der Waals surface area contributed by atoms with Crippen LogP contribution in [0.1, 0.15) is 5.69 Å². The molecule has 0 radical (unpaired) electrons. The van der Waals surface area contributed by atoms with E-state index in [4.69, 9.17) is 19.2 Å². The van der Waals surface area contributed by atoms with Gasteiger partial charge in [-0.15, -0.1) is 0 Å². The quantitative estimate of drug-likeness (QED) is 0.868. The lowest BCUT2D eigenvalue weighted by atomic mass is 10.2. The van der Waals surface area contributed by atoms with E-state index in [1.165, 1.54) is 0 Å². The predicted octanol–water partition coefficient (Wildman–Crippen LogP) is 1.98. The van der Waals surface area contributed by atoms with Crippen molar-refractivity contribution in [3.8, 4) is 29.0 Å². The van der Waals surface area contributed by atoms with Crippen LogP contribution in [0.2, 0.25) is 0 Å². The van der Waals surface area contributed by atoms with Gasteiger partial charge in [0.2, 0.25) is 24.3 Å². The summed E-state index contributed by atoms with van der Waals surface area (Å²) in [6, 6.07) is 7.33. The predicted molar refractivity (Wildman–Crippen MR) is 62.3 cm³/mol. The second kappa shape index (κ2) is 3.96. The molecule has 0 bridgehead atoms. The number of anilines is 1. The lowest BCUT2D eigenvalue weighted by molar-refractivity contribution is 0.174. The van der Waals surface area contributed by atoms with Gasteiger partial charge >= 0.3 is 0 Å². The highest BCUT2D eigenvalue weighted by atomic mass is 16.7. The summed E-state index contributed by atoms with van der Waals surface area (Å²) in [6.45, 7) is 0.218. The number of nitrogens with zero attached hydrogens (tertiary/aromatic N) is 2. The number of rotatable bonds is 2. The minimum atomic E-state index is 0.218. The van der Waals surface area contributed by atoms with Gasteiger partial charge in [0.1, 0.15) is 6.07 Å². The van der Waals surface area contributed by atoms with Gasteiger partial charge in [-0.1, -0.05) is 0 Å². The van der Waals surface area contributed by atoms with Gasteiger partial charge in [-0.2, -0.15) is 10.2 Å². The number of nitriles is 1. The Bertz CT molecular complexity index is 643. The fourth-order valence-corrected chi connectivity index (χ4v) is 1.72. The summed E-state index contributed by atoms with van der Waals surface area (Å²) in [5.74, 6) is 2.06. The molecule has 0 fully saturated rings. The molecule has 2 heterocycles. The molecule has 1 aliphatic heterocycles.